The van der Waals surface area contributed by atoms with Gasteiger partial charge in [-0.15, -0.1) is 11.3 Å². The van der Waals surface area contributed by atoms with Gasteiger partial charge in [0.05, 0.1) is 41.1 Å². The minimum absolute atomic E-state index is 0.0623. The standard InChI is InChI=1S/C27H24N4O6S/c1-14-22-26(38-24(14)25(34)29-17-7-5-6-8-19(17)36-4)28-13-31(27(22)35)15(2)23(33)16-9-10-20-18(11-16)30(3)21(32)12-37-20/h5-11,13,15H,12H2,1-4H3,(H,29,34). The lowest BCUT2D eigenvalue weighted by molar-refractivity contribution is -0.121. The van der Waals surface area contributed by atoms with Crippen molar-refractivity contribution in [3.8, 4) is 11.5 Å². The molecule has 2 amide bonds. The lowest BCUT2D eigenvalue weighted by atomic mass is 10.0. The van der Waals surface area contributed by atoms with Gasteiger partial charge in [0.2, 0.25) is 0 Å². The molecule has 10 nitrogen and oxygen atoms in total. The maximum atomic E-state index is 13.5. The van der Waals surface area contributed by atoms with E-state index in [1.165, 1.54) is 22.9 Å². The second-order valence-electron chi connectivity index (χ2n) is 8.81. The van der Waals surface area contributed by atoms with E-state index in [2.05, 4.69) is 10.3 Å². The number of anilines is 2. The number of fused-ring (bicyclic) bond motifs is 2. The Morgan fingerprint density at radius 2 is 1.95 bits per heavy atom. The van der Waals surface area contributed by atoms with Crippen molar-refractivity contribution in [3.63, 3.8) is 0 Å². The van der Waals surface area contributed by atoms with E-state index in [0.717, 1.165) is 11.3 Å². The number of aromatic nitrogens is 2. The van der Waals surface area contributed by atoms with Crippen molar-refractivity contribution in [1.29, 1.82) is 0 Å². The highest BCUT2D eigenvalue weighted by atomic mass is 32.1. The van der Waals surface area contributed by atoms with Crippen molar-refractivity contribution in [2.24, 2.45) is 0 Å². The quantitative estimate of drug-likeness (QED) is 0.375. The molecule has 38 heavy (non-hydrogen) atoms. The van der Waals surface area contributed by atoms with Gasteiger partial charge in [0.25, 0.3) is 17.4 Å². The fraction of sp³-hybridized carbons (Fsp3) is 0.222. The summed E-state index contributed by atoms with van der Waals surface area (Å²) in [6, 6.07) is 11.0. The van der Waals surface area contributed by atoms with Gasteiger partial charge in [-0.25, -0.2) is 4.98 Å². The third kappa shape index (κ3) is 4.20. The molecule has 2 aromatic heterocycles. The van der Waals surface area contributed by atoms with Crippen LogP contribution in [0.4, 0.5) is 11.4 Å². The molecule has 4 aromatic rings. The Labute approximate surface area is 221 Å². The molecule has 0 radical (unpaired) electrons. The van der Waals surface area contributed by atoms with Crippen molar-refractivity contribution in [2.75, 3.05) is 31.0 Å². The van der Waals surface area contributed by atoms with Crippen LogP contribution in [0.1, 0.15) is 38.6 Å². The molecular formula is C27H24N4O6S. The SMILES string of the molecule is COc1ccccc1NC(=O)c1sc2ncn(C(C)C(=O)c3ccc4c(c3)N(C)C(=O)CO4)c(=O)c2c1C. The number of likely N-dealkylation sites (N-methyl/N-ethyl adjacent to an activating group) is 1. The van der Waals surface area contributed by atoms with Crippen LogP contribution in [0.2, 0.25) is 0 Å². The maximum absolute atomic E-state index is 13.5. The monoisotopic (exact) mass is 532 g/mol. The van der Waals surface area contributed by atoms with Crippen molar-refractivity contribution < 1.29 is 23.9 Å². The molecule has 0 aliphatic carbocycles. The summed E-state index contributed by atoms with van der Waals surface area (Å²) in [4.78, 5) is 58.5. The number of nitrogens with one attached hydrogen (secondary N) is 1. The minimum Gasteiger partial charge on any atom is -0.495 e. The number of carbonyl (C=O) groups excluding carboxylic acids is 3. The van der Waals surface area contributed by atoms with Crippen molar-refractivity contribution in [2.45, 2.75) is 19.9 Å². The van der Waals surface area contributed by atoms with Crippen LogP contribution in [0.3, 0.4) is 0 Å². The van der Waals surface area contributed by atoms with Gasteiger partial charge in [0, 0.05) is 12.6 Å². The van der Waals surface area contributed by atoms with Crippen LogP contribution in [0.25, 0.3) is 10.2 Å². The summed E-state index contributed by atoms with van der Waals surface area (Å²) in [6.07, 6.45) is 1.32. The normalized spacial score (nSPS) is 13.6. The summed E-state index contributed by atoms with van der Waals surface area (Å²) in [6.45, 7) is 3.23. The van der Waals surface area contributed by atoms with E-state index < -0.39 is 11.6 Å². The van der Waals surface area contributed by atoms with Gasteiger partial charge in [0.15, 0.2) is 12.4 Å². The first-order valence-corrected chi connectivity index (χ1v) is 12.5. The first-order valence-electron chi connectivity index (χ1n) is 11.7. The van der Waals surface area contributed by atoms with E-state index in [0.29, 0.717) is 43.7 Å². The number of nitrogens with zero attached hydrogens (tertiary/aromatic N) is 3. The number of rotatable bonds is 6. The molecule has 11 heteroatoms. The first kappa shape index (κ1) is 25.2. The number of methoxy groups -OCH3 is 1. The molecule has 2 aromatic carbocycles. The minimum atomic E-state index is -0.881. The summed E-state index contributed by atoms with van der Waals surface area (Å²) in [5, 5.41) is 3.11. The fourth-order valence-electron chi connectivity index (χ4n) is 4.35. The average molecular weight is 533 g/mol. The van der Waals surface area contributed by atoms with Crippen LogP contribution in [0.5, 0.6) is 11.5 Å². The summed E-state index contributed by atoms with van der Waals surface area (Å²) >= 11 is 1.11. The number of thiophene rings is 1. The lowest BCUT2D eigenvalue weighted by Crippen LogP contribution is -2.35. The van der Waals surface area contributed by atoms with Crippen LogP contribution < -0.4 is 25.2 Å². The molecule has 3 heterocycles. The largest absolute Gasteiger partial charge is 0.495 e. The van der Waals surface area contributed by atoms with Gasteiger partial charge < -0.3 is 19.7 Å². The number of Topliss-reactive ketones (excluding diaryl/α,β-unsaturated/α-hetero) is 1. The number of aryl methyl sites for hydroxylation is 1. The predicted octanol–water partition coefficient (Wildman–Crippen LogP) is 3.83. The predicted molar refractivity (Wildman–Crippen MR) is 144 cm³/mol. The van der Waals surface area contributed by atoms with Crippen molar-refractivity contribution in [1.82, 2.24) is 9.55 Å². The van der Waals surface area contributed by atoms with Crippen LogP contribution in [0, 0.1) is 6.92 Å². The Hall–Kier alpha value is -4.51. The highest BCUT2D eigenvalue weighted by molar-refractivity contribution is 7.20. The first-order chi connectivity index (χ1) is 18.2. The van der Waals surface area contributed by atoms with E-state index in [1.807, 2.05) is 0 Å². The Morgan fingerprint density at radius 1 is 1.18 bits per heavy atom. The van der Waals surface area contributed by atoms with Gasteiger partial charge in [0.1, 0.15) is 16.3 Å². The second-order valence-corrected chi connectivity index (χ2v) is 9.81. The fourth-order valence-corrected chi connectivity index (χ4v) is 5.38. The molecule has 0 fully saturated rings. The van der Waals surface area contributed by atoms with E-state index in [1.54, 1.807) is 63.4 Å². The number of benzene rings is 2. The third-order valence-electron chi connectivity index (χ3n) is 6.56. The average Bonchev–Trinajstić information content (AvgIpc) is 3.27. The zero-order valence-corrected chi connectivity index (χ0v) is 21.9. The molecule has 5 rings (SSSR count). The summed E-state index contributed by atoms with van der Waals surface area (Å²) in [7, 11) is 3.13. The Kier molecular flexibility index (Phi) is 6.45. The highest BCUT2D eigenvalue weighted by Crippen LogP contribution is 2.33. The number of amides is 2. The van der Waals surface area contributed by atoms with Crippen LogP contribution in [-0.2, 0) is 4.79 Å². The molecule has 0 saturated heterocycles. The number of hydrogen-bond donors (Lipinski definition) is 1. The zero-order valence-electron chi connectivity index (χ0n) is 21.1. The van der Waals surface area contributed by atoms with Crippen LogP contribution in [0.15, 0.2) is 53.6 Å². The van der Waals surface area contributed by atoms with Crippen LogP contribution in [-0.4, -0.2) is 47.9 Å². The smallest absolute Gasteiger partial charge is 0.266 e. The van der Waals surface area contributed by atoms with E-state index in [9.17, 15) is 19.2 Å². The number of hydrogen-bond acceptors (Lipinski definition) is 8. The highest BCUT2D eigenvalue weighted by Gasteiger charge is 2.27. The van der Waals surface area contributed by atoms with Gasteiger partial charge in [-0.1, -0.05) is 12.1 Å². The molecule has 1 N–H and O–H groups in total. The van der Waals surface area contributed by atoms with Gasteiger partial charge in [-0.2, -0.15) is 0 Å². The Balaban J connectivity index is 1.47. The topological polar surface area (TPSA) is 120 Å². The Bertz CT molecular complexity index is 1670. The number of para-hydroxylation sites is 2. The van der Waals surface area contributed by atoms with Gasteiger partial charge in [-0.05, 0) is 49.7 Å². The Morgan fingerprint density at radius 3 is 2.71 bits per heavy atom. The molecule has 0 saturated carbocycles. The number of ketones is 1. The van der Waals surface area contributed by atoms with Crippen LogP contribution >= 0.6 is 11.3 Å². The molecule has 1 aliphatic rings. The van der Waals surface area contributed by atoms with Gasteiger partial charge >= 0.3 is 0 Å². The molecule has 1 aliphatic heterocycles. The molecule has 1 atom stereocenters. The zero-order chi connectivity index (χ0) is 27.1. The van der Waals surface area contributed by atoms with E-state index in [4.69, 9.17) is 9.47 Å². The number of ether oxygens (including phenoxy) is 2. The van der Waals surface area contributed by atoms with E-state index >= 15 is 0 Å². The van der Waals surface area contributed by atoms with Gasteiger partial charge in [-0.3, -0.25) is 23.7 Å². The molecule has 0 spiro atoms. The summed E-state index contributed by atoms with van der Waals surface area (Å²) in [5.41, 5.74) is 1.38. The second kappa shape index (κ2) is 9.75. The lowest BCUT2D eigenvalue weighted by Gasteiger charge is -2.26. The molecule has 1 unspecified atom stereocenters. The molecule has 0 bridgehead atoms. The molecular weight excluding hydrogens is 508 g/mol. The summed E-state index contributed by atoms with van der Waals surface area (Å²) in [5.74, 6) is 0.0742. The van der Waals surface area contributed by atoms with Crippen molar-refractivity contribution >= 4 is 50.5 Å². The number of carbonyl (C=O) groups is 3. The summed E-state index contributed by atoms with van der Waals surface area (Å²) < 4.78 is 12.0. The maximum Gasteiger partial charge on any atom is 0.266 e. The third-order valence-corrected chi connectivity index (χ3v) is 7.76. The van der Waals surface area contributed by atoms with Crippen molar-refractivity contribution in [3.05, 3.63) is 75.1 Å². The van der Waals surface area contributed by atoms with E-state index in [-0.39, 0.29) is 29.6 Å². The molecule has 194 valence electrons.